The molecule has 1 aliphatic carbocycles. The van der Waals surface area contributed by atoms with Crippen molar-refractivity contribution in [3.63, 3.8) is 0 Å². The summed E-state index contributed by atoms with van der Waals surface area (Å²) < 4.78 is 15.9. The van der Waals surface area contributed by atoms with Gasteiger partial charge in [-0.1, -0.05) is 73.7 Å². The molecule has 150 valence electrons. The van der Waals surface area contributed by atoms with Crippen LogP contribution in [0.5, 0.6) is 0 Å². The highest BCUT2D eigenvalue weighted by Crippen LogP contribution is 2.40. The molecule has 0 radical (unpaired) electrons. The Morgan fingerprint density at radius 2 is 2.17 bits per heavy atom. The van der Waals surface area contributed by atoms with Crippen LogP contribution in [0.2, 0.25) is 0 Å². The van der Waals surface area contributed by atoms with Crippen LogP contribution in [0.3, 0.4) is 0 Å². The zero-order valence-corrected chi connectivity index (χ0v) is 18.1. The van der Waals surface area contributed by atoms with Gasteiger partial charge in [0.1, 0.15) is 11.0 Å². The molecule has 1 heterocycles. The molecule has 2 N–H and O–H groups in total. The first-order valence-electron chi connectivity index (χ1n) is 9.74. The van der Waals surface area contributed by atoms with Gasteiger partial charge in [-0.15, -0.1) is 0 Å². The number of hydrogen-bond acceptors (Lipinski definition) is 2. The molecular weight excluding hydrogens is 376 g/mol. The van der Waals surface area contributed by atoms with E-state index < -0.39 is 11.0 Å². The first-order valence-corrected chi connectivity index (χ1v) is 11.0. The van der Waals surface area contributed by atoms with Crippen molar-refractivity contribution >= 4 is 22.2 Å². The number of hydrogen-bond donors (Lipinski definition) is 2. The van der Waals surface area contributed by atoms with Crippen LogP contribution in [0.25, 0.3) is 5.57 Å². The predicted molar refractivity (Wildman–Crippen MR) is 126 cm³/mol. The van der Waals surface area contributed by atoms with Crippen LogP contribution < -0.4 is 10.0 Å². The highest BCUT2D eigenvalue weighted by Gasteiger charge is 2.25. The summed E-state index contributed by atoms with van der Waals surface area (Å²) in [5, 5.41) is 4.99. The van der Waals surface area contributed by atoms with E-state index >= 15 is 0 Å². The van der Waals surface area contributed by atoms with E-state index in [4.69, 9.17) is 0 Å². The van der Waals surface area contributed by atoms with E-state index in [2.05, 4.69) is 73.5 Å². The Hall–Kier alpha value is -2.85. The molecule has 0 aromatic heterocycles. The van der Waals surface area contributed by atoms with E-state index in [0.717, 1.165) is 40.1 Å². The molecule has 3 nitrogen and oxygen atoms in total. The van der Waals surface area contributed by atoms with Crippen molar-refractivity contribution in [2.24, 2.45) is 5.92 Å². The number of benzene rings is 1. The normalized spacial score (nSPS) is 20.2. The summed E-state index contributed by atoms with van der Waals surface area (Å²) in [6.45, 7) is 14.2. The van der Waals surface area contributed by atoms with Crippen LogP contribution in [0.15, 0.2) is 95.8 Å². The minimum Gasteiger partial charge on any atom is -0.354 e. The number of aryl methyl sites for hydroxylation is 1. The fraction of sp³-hybridized carbons (Fsp3) is 0.200. The molecule has 1 aromatic carbocycles. The van der Waals surface area contributed by atoms with Crippen molar-refractivity contribution in [2.45, 2.75) is 27.2 Å². The molecule has 29 heavy (non-hydrogen) atoms. The third-order valence-electron chi connectivity index (χ3n) is 4.93. The van der Waals surface area contributed by atoms with E-state index in [1.54, 1.807) is 17.6 Å². The minimum absolute atomic E-state index is 0.456. The molecule has 0 saturated heterocycles. The smallest absolute Gasteiger partial charge is 0.142 e. The van der Waals surface area contributed by atoms with Crippen molar-refractivity contribution in [2.75, 3.05) is 5.32 Å². The van der Waals surface area contributed by atoms with E-state index in [9.17, 15) is 4.21 Å². The Balaban J connectivity index is 2.06. The van der Waals surface area contributed by atoms with Crippen LogP contribution >= 0.6 is 0 Å². The van der Waals surface area contributed by atoms with Crippen molar-refractivity contribution in [1.82, 2.24) is 4.72 Å². The van der Waals surface area contributed by atoms with Gasteiger partial charge in [0.15, 0.2) is 0 Å². The maximum atomic E-state index is 12.7. The summed E-state index contributed by atoms with van der Waals surface area (Å²) in [7, 11) is -1.39. The first kappa shape index (κ1) is 20.9. The van der Waals surface area contributed by atoms with Crippen molar-refractivity contribution in [1.29, 1.82) is 0 Å². The quantitative estimate of drug-likeness (QED) is 0.565. The van der Waals surface area contributed by atoms with Gasteiger partial charge >= 0.3 is 0 Å². The lowest BCUT2D eigenvalue weighted by atomic mass is 9.85. The maximum Gasteiger partial charge on any atom is 0.142 e. The van der Waals surface area contributed by atoms with Crippen LogP contribution in [0, 0.1) is 12.8 Å². The lowest BCUT2D eigenvalue weighted by Crippen LogP contribution is -2.25. The molecular formula is C25H28N2OS. The maximum absolute atomic E-state index is 12.7. The average Bonchev–Trinajstić information content (AvgIpc) is 2.68. The molecule has 0 amide bonds. The second-order valence-corrected chi connectivity index (χ2v) is 8.55. The minimum atomic E-state index is -1.39. The van der Waals surface area contributed by atoms with Crippen LogP contribution in [-0.2, 0) is 11.0 Å². The number of nitrogens with one attached hydrogen (secondary N) is 2. The van der Waals surface area contributed by atoms with E-state index in [1.165, 1.54) is 5.56 Å². The molecule has 0 bridgehead atoms. The Labute approximate surface area is 176 Å². The van der Waals surface area contributed by atoms with Crippen molar-refractivity contribution in [3.8, 4) is 0 Å². The summed E-state index contributed by atoms with van der Waals surface area (Å²) in [6, 6.07) is 6.32. The van der Waals surface area contributed by atoms with Gasteiger partial charge in [-0.05, 0) is 43.9 Å². The third-order valence-corrected chi connectivity index (χ3v) is 5.74. The SMILES string of the molecule is C=C/C(C)=C\C=C\S(=O)NC1=C(C2=C[C@H](C)CC=C2)c2cc(C)ccc2NC1=C. The molecule has 4 heteroatoms. The van der Waals surface area contributed by atoms with E-state index in [1.807, 2.05) is 13.0 Å². The zero-order chi connectivity index (χ0) is 21.0. The second kappa shape index (κ2) is 9.10. The average molecular weight is 405 g/mol. The second-order valence-electron chi connectivity index (χ2n) is 7.48. The van der Waals surface area contributed by atoms with Crippen LogP contribution in [-0.4, -0.2) is 4.21 Å². The van der Waals surface area contributed by atoms with Gasteiger partial charge in [-0.3, -0.25) is 4.72 Å². The zero-order valence-electron chi connectivity index (χ0n) is 17.3. The molecule has 1 aliphatic heterocycles. The highest BCUT2D eigenvalue weighted by molar-refractivity contribution is 7.86. The fourth-order valence-electron chi connectivity index (χ4n) is 3.37. The van der Waals surface area contributed by atoms with E-state index in [-0.39, 0.29) is 0 Å². The largest absolute Gasteiger partial charge is 0.354 e. The molecule has 0 saturated carbocycles. The standard InChI is InChI=1S/C25H28N2OS/c1-6-17(2)10-8-14-29(28)27-25-20(5)26-23-13-12-19(4)16-22(23)24(25)21-11-7-9-18(3)15-21/h6-8,10-16,18,26-27H,1,5,9H2,2-4H3/b14-8+,17-10-/t18-,29?/m1/s1. The Morgan fingerprint density at radius 3 is 2.90 bits per heavy atom. The molecule has 0 spiro atoms. The summed E-state index contributed by atoms with van der Waals surface area (Å²) in [5.74, 6) is 0.456. The van der Waals surface area contributed by atoms with Gasteiger partial charge in [0, 0.05) is 22.2 Å². The molecule has 0 fully saturated rings. The van der Waals surface area contributed by atoms with Gasteiger partial charge in [-0.25, -0.2) is 4.21 Å². The molecule has 2 atom stereocenters. The Morgan fingerprint density at radius 1 is 1.38 bits per heavy atom. The fourth-order valence-corrected chi connectivity index (χ4v) is 4.08. The van der Waals surface area contributed by atoms with Crippen LogP contribution in [0.4, 0.5) is 5.69 Å². The Kier molecular flexibility index (Phi) is 6.55. The van der Waals surface area contributed by atoms with Gasteiger partial charge < -0.3 is 5.32 Å². The molecule has 1 aromatic rings. The summed E-state index contributed by atoms with van der Waals surface area (Å²) in [6.07, 6.45) is 13.1. The van der Waals surface area contributed by atoms with Gasteiger partial charge in [0.25, 0.3) is 0 Å². The molecule has 3 rings (SSSR count). The van der Waals surface area contributed by atoms with Gasteiger partial charge in [-0.2, -0.15) is 0 Å². The lowest BCUT2D eigenvalue weighted by molar-refractivity contribution is 0.684. The van der Waals surface area contributed by atoms with Crippen LogP contribution in [0.1, 0.15) is 31.4 Å². The topological polar surface area (TPSA) is 41.1 Å². The van der Waals surface area contributed by atoms with Gasteiger partial charge in [0.2, 0.25) is 0 Å². The van der Waals surface area contributed by atoms with Crippen molar-refractivity contribution < 1.29 is 4.21 Å². The summed E-state index contributed by atoms with van der Waals surface area (Å²) in [5.41, 5.74) is 7.93. The van der Waals surface area contributed by atoms with Gasteiger partial charge in [0.05, 0.1) is 11.4 Å². The number of anilines is 1. The highest BCUT2D eigenvalue weighted by atomic mass is 32.2. The lowest BCUT2D eigenvalue weighted by Gasteiger charge is -2.29. The predicted octanol–water partition coefficient (Wildman–Crippen LogP) is 6.07. The third kappa shape index (κ3) is 4.96. The van der Waals surface area contributed by atoms with E-state index in [0.29, 0.717) is 11.6 Å². The summed E-state index contributed by atoms with van der Waals surface area (Å²) in [4.78, 5) is 0. The number of rotatable bonds is 6. The number of fused-ring (bicyclic) bond motifs is 1. The monoisotopic (exact) mass is 404 g/mol. The first-order chi connectivity index (χ1) is 13.9. The Bertz CT molecular complexity index is 1020. The summed E-state index contributed by atoms with van der Waals surface area (Å²) >= 11 is 0. The number of allylic oxidation sites excluding steroid dienone is 9. The van der Waals surface area contributed by atoms with Crippen molar-refractivity contribution in [3.05, 3.63) is 107 Å². The molecule has 2 aliphatic rings. The molecule has 1 unspecified atom stereocenters.